The van der Waals surface area contributed by atoms with E-state index in [1.54, 1.807) is 13.8 Å². The summed E-state index contributed by atoms with van der Waals surface area (Å²) in [6, 6.07) is 0. The fraction of sp³-hybridized carbons (Fsp3) is 1.00. The summed E-state index contributed by atoms with van der Waals surface area (Å²) < 4.78 is 167. The van der Waals surface area contributed by atoms with Crippen LogP contribution in [0.25, 0.3) is 0 Å². The maximum Gasteiger partial charge on any atom is 0.429 e. The highest BCUT2D eigenvalue weighted by Gasteiger charge is 2.82. The molecular weight excluding hydrogens is 488 g/mol. The Morgan fingerprint density at radius 1 is 0.697 bits per heavy atom. The molecule has 5 unspecified atom stereocenters. The first-order valence-electron chi connectivity index (χ1n) is 10.0. The average Bonchev–Trinajstić information content (AvgIpc) is 3.08. The Kier molecular flexibility index (Phi) is 6.69. The van der Waals surface area contributed by atoms with Crippen LogP contribution < -0.4 is 0 Å². The summed E-state index contributed by atoms with van der Waals surface area (Å²) in [5.41, 5.74) is -15.8. The van der Waals surface area contributed by atoms with E-state index in [-0.39, 0.29) is 38.0 Å². The van der Waals surface area contributed by atoms with E-state index >= 15 is 0 Å². The topological polar surface area (TPSA) is 29.5 Å². The van der Waals surface area contributed by atoms with Crippen molar-refractivity contribution in [3.63, 3.8) is 0 Å². The highest BCUT2D eigenvalue weighted by atomic mass is 19.4. The molecule has 2 saturated carbocycles. The molecule has 0 aromatic rings. The van der Waals surface area contributed by atoms with Crippen molar-refractivity contribution < 1.29 is 62.5 Å². The second-order valence-electron chi connectivity index (χ2n) is 9.72. The fourth-order valence-electron chi connectivity index (χ4n) is 5.60. The molecule has 2 rings (SSSR count). The average molecular weight is 512 g/mol. The molecule has 1 N–H and O–H groups in total. The lowest BCUT2D eigenvalue weighted by molar-refractivity contribution is -0.462. The summed E-state index contributed by atoms with van der Waals surface area (Å²) in [6.07, 6.45) is -28.0. The normalized spacial score (nSPS) is 30.3. The number of rotatable bonds is 5. The summed E-state index contributed by atoms with van der Waals surface area (Å²) in [6.45, 7) is 2.83. The first kappa shape index (κ1) is 28.3. The van der Waals surface area contributed by atoms with E-state index in [2.05, 4.69) is 4.74 Å². The summed E-state index contributed by atoms with van der Waals surface area (Å²) >= 11 is 0. The Morgan fingerprint density at radius 3 is 1.42 bits per heavy atom. The first-order chi connectivity index (χ1) is 14.3. The van der Waals surface area contributed by atoms with Gasteiger partial charge in [-0.25, -0.2) is 0 Å². The second-order valence-corrected chi connectivity index (χ2v) is 9.72. The van der Waals surface area contributed by atoms with Crippen LogP contribution in [0.5, 0.6) is 0 Å². The van der Waals surface area contributed by atoms with Crippen molar-refractivity contribution in [3.05, 3.63) is 0 Å². The molecule has 0 spiro atoms. The highest BCUT2D eigenvalue weighted by Crippen LogP contribution is 2.62. The highest BCUT2D eigenvalue weighted by molar-refractivity contribution is 5.11. The van der Waals surface area contributed by atoms with Gasteiger partial charge in [0, 0.05) is 0 Å². The first-order valence-corrected chi connectivity index (χ1v) is 10.0. The van der Waals surface area contributed by atoms with Crippen molar-refractivity contribution >= 4 is 0 Å². The van der Waals surface area contributed by atoms with Crippen molar-refractivity contribution in [1.29, 1.82) is 0 Å². The third-order valence-electron chi connectivity index (χ3n) is 7.62. The second kappa shape index (κ2) is 7.79. The Bertz CT molecular complexity index is 688. The third kappa shape index (κ3) is 4.20. The zero-order valence-electron chi connectivity index (χ0n) is 17.9. The Morgan fingerprint density at radius 2 is 1.12 bits per heavy atom. The van der Waals surface area contributed by atoms with Gasteiger partial charge in [-0.15, -0.1) is 0 Å². The van der Waals surface area contributed by atoms with Crippen molar-refractivity contribution in [2.45, 2.75) is 88.5 Å². The van der Waals surface area contributed by atoms with Gasteiger partial charge in [-0.3, -0.25) is 0 Å². The summed E-state index contributed by atoms with van der Waals surface area (Å²) in [4.78, 5) is 0. The van der Waals surface area contributed by atoms with E-state index in [0.29, 0.717) is 6.42 Å². The largest absolute Gasteiger partial charge is 0.429 e. The predicted octanol–water partition coefficient (Wildman–Crippen LogP) is 6.82. The standard InChI is InChI=1S/C19H24F12O2/c1-8-9(2)12-6-10(8)5-11(12)7-14(16(20,21)22,17(23,24)25)33-13(3,4)15(32,18(26,27)28)19(29,30)31/h8-12,32H,5-7H2,1-4H3. The molecule has 33 heavy (non-hydrogen) atoms. The number of hydrogen-bond acceptors (Lipinski definition) is 2. The van der Waals surface area contributed by atoms with E-state index in [4.69, 9.17) is 0 Å². The lowest BCUT2D eigenvalue weighted by Gasteiger charge is -2.50. The molecule has 0 radical (unpaired) electrons. The molecule has 196 valence electrons. The van der Waals surface area contributed by atoms with E-state index < -0.39 is 59.8 Å². The number of hydrogen-bond donors (Lipinski definition) is 1. The molecule has 0 heterocycles. The molecular formula is C19H24F12O2. The number of aliphatic hydroxyl groups is 1. The lowest BCUT2D eigenvalue weighted by Crippen LogP contribution is -2.74. The molecule has 0 amide bonds. The molecule has 2 aliphatic rings. The maximum atomic E-state index is 14.0. The van der Waals surface area contributed by atoms with Crippen LogP contribution in [0.2, 0.25) is 0 Å². The maximum absolute atomic E-state index is 14.0. The van der Waals surface area contributed by atoms with Crippen molar-refractivity contribution in [2.24, 2.45) is 29.6 Å². The number of halogens is 12. The molecule has 14 heteroatoms. The molecule has 0 aromatic carbocycles. The molecule has 2 fully saturated rings. The van der Waals surface area contributed by atoms with Crippen LogP contribution in [0.4, 0.5) is 52.7 Å². The van der Waals surface area contributed by atoms with Gasteiger partial charge >= 0.3 is 24.7 Å². The summed E-state index contributed by atoms with van der Waals surface area (Å²) in [5.74, 6) is -2.45. The zero-order chi connectivity index (χ0) is 26.2. The minimum absolute atomic E-state index is 0.00432. The van der Waals surface area contributed by atoms with Gasteiger partial charge in [-0.05, 0) is 62.7 Å². The van der Waals surface area contributed by atoms with Gasteiger partial charge in [0.15, 0.2) is 0 Å². The van der Waals surface area contributed by atoms with Gasteiger partial charge < -0.3 is 9.84 Å². The zero-order valence-corrected chi connectivity index (χ0v) is 17.9. The molecule has 5 atom stereocenters. The van der Waals surface area contributed by atoms with Crippen LogP contribution in [0.1, 0.15) is 47.0 Å². The Balaban J connectivity index is 2.62. The smallest absolute Gasteiger partial charge is 0.371 e. The predicted molar refractivity (Wildman–Crippen MR) is 89.7 cm³/mol. The monoisotopic (exact) mass is 512 g/mol. The lowest BCUT2D eigenvalue weighted by atomic mass is 9.71. The quantitative estimate of drug-likeness (QED) is 0.410. The van der Waals surface area contributed by atoms with Gasteiger partial charge in [0.1, 0.15) is 5.60 Å². The van der Waals surface area contributed by atoms with Crippen LogP contribution in [0, 0.1) is 29.6 Å². The van der Waals surface area contributed by atoms with Crippen molar-refractivity contribution in [1.82, 2.24) is 0 Å². The molecule has 0 saturated heterocycles. The van der Waals surface area contributed by atoms with Crippen molar-refractivity contribution in [3.8, 4) is 0 Å². The number of alkyl halides is 12. The fourth-order valence-corrected chi connectivity index (χ4v) is 5.60. The Hall–Kier alpha value is -0.920. The van der Waals surface area contributed by atoms with Crippen LogP contribution >= 0.6 is 0 Å². The van der Waals surface area contributed by atoms with Crippen LogP contribution in [0.3, 0.4) is 0 Å². The molecule has 0 aromatic heterocycles. The van der Waals surface area contributed by atoms with Crippen LogP contribution in [0.15, 0.2) is 0 Å². The summed E-state index contributed by atoms with van der Waals surface area (Å²) in [5, 5.41) is 9.54. The molecule has 2 nitrogen and oxygen atoms in total. The van der Waals surface area contributed by atoms with E-state index in [0.717, 1.165) is 0 Å². The van der Waals surface area contributed by atoms with Crippen molar-refractivity contribution in [2.75, 3.05) is 0 Å². The molecule has 0 aliphatic heterocycles. The minimum Gasteiger partial charge on any atom is -0.371 e. The van der Waals surface area contributed by atoms with Crippen LogP contribution in [-0.4, -0.2) is 46.6 Å². The van der Waals surface area contributed by atoms with Gasteiger partial charge in [0.05, 0.1) is 0 Å². The number of ether oxygens (including phenoxy) is 1. The minimum atomic E-state index is -6.70. The van der Waals surface area contributed by atoms with Gasteiger partial charge in [-0.1, -0.05) is 13.8 Å². The van der Waals surface area contributed by atoms with E-state index in [1.807, 2.05) is 0 Å². The van der Waals surface area contributed by atoms with Crippen LogP contribution in [-0.2, 0) is 4.74 Å². The third-order valence-corrected chi connectivity index (χ3v) is 7.62. The molecule has 2 bridgehead atoms. The van der Waals surface area contributed by atoms with Gasteiger partial charge in [-0.2, -0.15) is 52.7 Å². The Labute approximate surface area is 181 Å². The number of fused-ring (bicyclic) bond motifs is 2. The van der Waals surface area contributed by atoms with E-state index in [9.17, 15) is 57.8 Å². The van der Waals surface area contributed by atoms with Gasteiger partial charge in [0.25, 0.3) is 11.2 Å². The molecule has 2 aliphatic carbocycles. The van der Waals surface area contributed by atoms with Gasteiger partial charge in [0.2, 0.25) is 0 Å². The van der Waals surface area contributed by atoms with E-state index in [1.165, 1.54) is 0 Å². The summed E-state index contributed by atoms with van der Waals surface area (Å²) in [7, 11) is 0. The SMILES string of the molecule is CC1C2CC(CC(OC(C)(C)C(O)(C(F)(F)F)C(F)(F)F)(C(F)(F)F)C(F)(F)F)C(C2)C1C.